The smallest absolute Gasteiger partial charge is 0.141 e. The molecule has 0 radical (unpaired) electrons. The van der Waals surface area contributed by atoms with Gasteiger partial charge in [0.15, 0.2) is 0 Å². The number of halogens is 2. The van der Waals surface area contributed by atoms with Crippen molar-refractivity contribution >= 4 is 11.6 Å². The normalized spacial score (nSPS) is 14.2. The minimum Gasteiger partial charge on any atom is -0.384 e. The number of benzene rings is 1. The molecule has 20 heavy (non-hydrogen) atoms. The van der Waals surface area contributed by atoms with Gasteiger partial charge in [-0.15, -0.1) is 0 Å². The van der Waals surface area contributed by atoms with E-state index in [1.165, 1.54) is 6.07 Å². The SMILES string of the molecule is Cn1cc(C(C)(O)CNCc2ccc(F)c(Cl)c2)cn1. The highest BCUT2D eigenvalue weighted by Gasteiger charge is 2.24. The van der Waals surface area contributed by atoms with Crippen LogP contribution in [-0.4, -0.2) is 21.4 Å². The van der Waals surface area contributed by atoms with Crippen LogP contribution in [-0.2, 0) is 19.2 Å². The number of rotatable bonds is 5. The van der Waals surface area contributed by atoms with Gasteiger partial charge in [0, 0.05) is 31.9 Å². The lowest BCUT2D eigenvalue weighted by Crippen LogP contribution is -2.34. The second-order valence-corrected chi connectivity index (χ2v) is 5.44. The van der Waals surface area contributed by atoms with Crippen LogP contribution in [0.15, 0.2) is 30.6 Å². The average Bonchev–Trinajstić information content (AvgIpc) is 2.81. The number of nitrogens with zero attached hydrogens (tertiary/aromatic N) is 2. The molecular weight excluding hydrogens is 281 g/mol. The van der Waals surface area contributed by atoms with Gasteiger partial charge < -0.3 is 10.4 Å². The molecule has 108 valence electrons. The first-order valence-electron chi connectivity index (χ1n) is 6.24. The predicted molar refractivity (Wildman–Crippen MR) is 75.9 cm³/mol. The van der Waals surface area contributed by atoms with E-state index in [2.05, 4.69) is 10.4 Å². The van der Waals surface area contributed by atoms with Gasteiger partial charge in [0.1, 0.15) is 11.4 Å². The lowest BCUT2D eigenvalue weighted by molar-refractivity contribution is 0.0566. The molecular formula is C14H17ClFN3O. The van der Waals surface area contributed by atoms with E-state index in [9.17, 15) is 9.50 Å². The Morgan fingerprint density at radius 3 is 2.85 bits per heavy atom. The summed E-state index contributed by atoms with van der Waals surface area (Å²) in [6.45, 7) is 2.57. The lowest BCUT2D eigenvalue weighted by atomic mass is 9.99. The number of hydrogen-bond donors (Lipinski definition) is 2. The molecule has 1 aromatic carbocycles. The summed E-state index contributed by atoms with van der Waals surface area (Å²) >= 11 is 5.72. The second-order valence-electron chi connectivity index (χ2n) is 5.03. The molecule has 4 nitrogen and oxygen atoms in total. The Morgan fingerprint density at radius 2 is 2.25 bits per heavy atom. The maximum absolute atomic E-state index is 13.0. The van der Waals surface area contributed by atoms with Gasteiger partial charge in [0.05, 0.1) is 11.2 Å². The van der Waals surface area contributed by atoms with Crippen molar-refractivity contribution in [2.24, 2.45) is 7.05 Å². The summed E-state index contributed by atoms with van der Waals surface area (Å²) in [6, 6.07) is 4.56. The number of nitrogens with one attached hydrogen (secondary N) is 1. The molecule has 2 rings (SSSR count). The molecule has 6 heteroatoms. The summed E-state index contributed by atoms with van der Waals surface area (Å²) in [4.78, 5) is 0. The Labute approximate surface area is 122 Å². The summed E-state index contributed by atoms with van der Waals surface area (Å²) in [5.41, 5.74) is 0.584. The molecule has 0 aliphatic rings. The van der Waals surface area contributed by atoms with Crippen molar-refractivity contribution in [2.75, 3.05) is 6.54 Å². The number of aliphatic hydroxyl groups is 1. The monoisotopic (exact) mass is 297 g/mol. The van der Waals surface area contributed by atoms with Crippen LogP contribution in [0.2, 0.25) is 5.02 Å². The molecule has 0 saturated carbocycles. The van der Waals surface area contributed by atoms with Crippen LogP contribution in [0.1, 0.15) is 18.1 Å². The van der Waals surface area contributed by atoms with Gasteiger partial charge in [0.25, 0.3) is 0 Å². The van der Waals surface area contributed by atoms with Crippen molar-refractivity contribution in [2.45, 2.75) is 19.1 Å². The molecule has 0 saturated heterocycles. The first-order valence-corrected chi connectivity index (χ1v) is 6.62. The van der Waals surface area contributed by atoms with Crippen molar-refractivity contribution in [1.82, 2.24) is 15.1 Å². The zero-order valence-electron chi connectivity index (χ0n) is 11.4. The topological polar surface area (TPSA) is 50.1 Å². The average molecular weight is 298 g/mol. The summed E-state index contributed by atoms with van der Waals surface area (Å²) in [5.74, 6) is -0.433. The first kappa shape index (κ1) is 15.0. The predicted octanol–water partition coefficient (Wildman–Crippen LogP) is 2.21. The van der Waals surface area contributed by atoms with Crippen LogP contribution < -0.4 is 5.32 Å². The molecule has 0 aliphatic carbocycles. The molecule has 1 atom stereocenters. The number of aryl methyl sites for hydroxylation is 1. The third-order valence-electron chi connectivity index (χ3n) is 3.11. The van der Waals surface area contributed by atoms with E-state index in [1.54, 1.807) is 43.2 Å². The Kier molecular flexibility index (Phi) is 4.42. The first-order chi connectivity index (χ1) is 9.38. The Bertz CT molecular complexity index is 598. The van der Waals surface area contributed by atoms with Crippen LogP contribution >= 0.6 is 11.6 Å². The van der Waals surface area contributed by atoms with Crippen molar-refractivity contribution in [3.8, 4) is 0 Å². The lowest BCUT2D eigenvalue weighted by Gasteiger charge is -2.22. The minimum absolute atomic E-state index is 0.100. The Hall–Kier alpha value is -1.43. The maximum Gasteiger partial charge on any atom is 0.141 e. The highest BCUT2D eigenvalue weighted by Crippen LogP contribution is 2.19. The van der Waals surface area contributed by atoms with Crippen LogP contribution in [0.3, 0.4) is 0 Å². The zero-order chi connectivity index (χ0) is 14.8. The zero-order valence-corrected chi connectivity index (χ0v) is 12.2. The molecule has 1 aromatic heterocycles. The summed E-state index contributed by atoms with van der Waals surface area (Å²) < 4.78 is 14.7. The Balaban J connectivity index is 1.93. The van der Waals surface area contributed by atoms with E-state index in [4.69, 9.17) is 11.6 Å². The van der Waals surface area contributed by atoms with E-state index in [0.717, 1.165) is 11.1 Å². The molecule has 2 N–H and O–H groups in total. The maximum atomic E-state index is 13.0. The van der Waals surface area contributed by atoms with Crippen molar-refractivity contribution in [1.29, 1.82) is 0 Å². The minimum atomic E-state index is -1.02. The number of aromatic nitrogens is 2. The fraction of sp³-hybridized carbons (Fsp3) is 0.357. The van der Waals surface area contributed by atoms with Crippen molar-refractivity contribution < 1.29 is 9.50 Å². The molecule has 1 heterocycles. The molecule has 1 unspecified atom stereocenters. The van der Waals surface area contributed by atoms with Gasteiger partial charge in [-0.3, -0.25) is 4.68 Å². The molecule has 0 aliphatic heterocycles. The van der Waals surface area contributed by atoms with E-state index in [1.807, 2.05) is 0 Å². The van der Waals surface area contributed by atoms with E-state index < -0.39 is 11.4 Å². The third kappa shape index (κ3) is 3.56. The highest BCUT2D eigenvalue weighted by molar-refractivity contribution is 6.30. The summed E-state index contributed by atoms with van der Waals surface area (Å²) in [5, 5.41) is 17.6. The largest absolute Gasteiger partial charge is 0.384 e. The van der Waals surface area contributed by atoms with E-state index in [-0.39, 0.29) is 5.02 Å². The van der Waals surface area contributed by atoms with Gasteiger partial charge in [-0.05, 0) is 24.6 Å². The standard InChI is InChI=1S/C14H17ClFN3O/c1-14(20,11-7-18-19(2)8-11)9-17-6-10-3-4-13(16)12(15)5-10/h3-5,7-8,17,20H,6,9H2,1-2H3. The van der Waals surface area contributed by atoms with Crippen LogP contribution in [0.25, 0.3) is 0 Å². The second kappa shape index (κ2) is 5.91. The van der Waals surface area contributed by atoms with Gasteiger partial charge in [0.2, 0.25) is 0 Å². The van der Waals surface area contributed by atoms with Crippen LogP contribution in [0.5, 0.6) is 0 Å². The molecule has 0 spiro atoms. The van der Waals surface area contributed by atoms with Crippen LogP contribution in [0.4, 0.5) is 4.39 Å². The Morgan fingerprint density at radius 1 is 1.50 bits per heavy atom. The summed E-state index contributed by atoms with van der Waals surface area (Å²) in [7, 11) is 1.80. The van der Waals surface area contributed by atoms with E-state index >= 15 is 0 Å². The third-order valence-corrected chi connectivity index (χ3v) is 3.40. The van der Waals surface area contributed by atoms with Gasteiger partial charge in [-0.1, -0.05) is 17.7 Å². The number of hydrogen-bond acceptors (Lipinski definition) is 3. The molecule has 0 fully saturated rings. The fourth-order valence-corrected chi connectivity index (χ4v) is 2.10. The molecule has 0 bridgehead atoms. The van der Waals surface area contributed by atoms with Gasteiger partial charge in [-0.25, -0.2) is 4.39 Å². The highest BCUT2D eigenvalue weighted by atomic mass is 35.5. The van der Waals surface area contributed by atoms with Crippen molar-refractivity contribution in [3.05, 3.63) is 52.6 Å². The van der Waals surface area contributed by atoms with Crippen molar-refractivity contribution in [3.63, 3.8) is 0 Å². The quantitative estimate of drug-likeness (QED) is 0.889. The molecule has 2 aromatic rings. The van der Waals surface area contributed by atoms with Crippen LogP contribution in [0, 0.1) is 5.82 Å². The van der Waals surface area contributed by atoms with E-state index in [0.29, 0.717) is 13.1 Å². The van der Waals surface area contributed by atoms with Gasteiger partial charge >= 0.3 is 0 Å². The fourth-order valence-electron chi connectivity index (χ4n) is 1.90. The summed E-state index contributed by atoms with van der Waals surface area (Å²) in [6.07, 6.45) is 3.41. The molecule has 0 amide bonds. The van der Waals surface area contributed by atoms with Gasteiger partial charge in [-0.2, -0.15) is 5.10 Å².